The van der Waals surface area contributed by atoms with Gasteiger partial charge in [0.05, 0.1) is 6.10 Å². The van der Waals surface area contributed by atoms with Gasteiger partial charge in [0, 0.05) is 23.0 Å². The van der Waals surface area contributed by atoms with E-state index in [0.29, 0.717) is 12.3 Å². The average molecular weight is 291 g/mol. The highest BCUT2D eigenvalue weighted by atomic mass is 79.9. The molecule has 0 aromatic carbocycles. The molecule has 0 aliphatic heterocycles. The predicted octanol–water partition coefficient (Wildman–Crippen LogP) is 1.91. The van der Waals surface area contributed by atoms with E-state index in [1.807, 2.05) is 19.1 Å². The molecule has 0 aliphatic carbocycles. The van der Waals surface area contributed by atoms with Gasteiger partial charge >= 0.3 is 0 Å². The topological polar surface area (TPSA) is 45.1 Å². The zero-order valence-corrected chi connectivity index (χ0v) is 11.0. The van der Waals surface area contributed by atoms with E-state index in [1.54, 1.807) is 18.0 Å². The molecule has 0 spiro atoms. The minimum atomic E-state index is -0.330. The Bertz CT molecular complexity index is 299. The number of aliphatic hydroxyl groups is 1. The Balaban J connectivity index is 2.33. The van der Waals surface area contributed by atoms with Gasteiger partial charge in [-0.1, -0.05) is 6.92 Å². The van der Waals surface area contributed by atoms with Crippen LogP contribution in [0.25, 0.3) is 0 Å². The summed E-state index contributed by atoms with van der Waals surface area (Å²) in [7, 11) is 0. The first-order valence-electron chi connectivity index (χ1n) is 4.86. The second-order valence-electron chi connectivity index (χ2n) is 3.06. The number of hydrogen-bond acceptors (Lipinski definition) is 4. The fourth-order valence-corrected chi connectivity index (χ4v) is 2.43. The molecule has 0 fully saturated rings. The Morgan fingerprint density at radius 3 is 3.13 bits per heavy atom. The lowest BCUT2D eigenvalue weighted by molar-refractivity contribution is 0.197. The quantitative estimate of drug-likeness (QED) is 0.786. The molecular formula is C10H15BrN2OS. The Hall–Kier alpha value is -0.100. The second-order valence-corrected chi connectivity index (χ2v) is 4.93. The summed E-state index contributed by atoms with van der Waals surface area (Å²) in [5.74, 6) is 0.655. The molecule has 1 atom stereocenters. The lowest BCUT2D eigenvalue weighted by Crippen LogP contribution is -2.28. The molecule has 0 amide bonds. The van der Waals surface area contributed by atoms with Gasteiger partial charge < -0.3 is 10.4 Å². The average Bonchev–Trinajstić information content (AvgIpc) is 2.25. The van der Waals surface area contributed by atoms with Crippen LogP contribution in [0.4, 0.5) is 0 Å². The van der Waals surface area contributed by atoms with Gasteiger partial charge in [-0.3, -0.25) is 0 Å². The fraction of sp³-hybridized carbons (Fsp3) is 0.500. The molecule has 1 rings (SSSR count). The fourth-order valence-electron chi connectivity index (χ4n) is 1.02. The summed E-state index contributed by atoms with van der Waals surface area (Å²) in [6.45, 7) is 3.54. The second kappa shape index (κ2) is 7.22. The van der Waals surface area contributed by atoms with Gasteiger partial charge in [-0.05, 0) is 34.6 Å². The summed E-state index contributed by atoms with van der Waals surface area (Å²) in [6.07, 6.45) is 1.42. The maximum Gasteiger partial charge on any atom is 0.110 e. The van der Waals surface area contributed by atoms with Crippen LogP contribution in [0.3, 0.4) is 0 Å². The summed E-state index contributed by atoms with van der Waals surface area (Å²) in [4.78, 5) is 4.22. The Morgan fingerprint density at radius 2 is 2.47 bits per heavy atom. The number of nitrogens with one attached hydrogen (secondary N) is 1. The van der Waals surface area contributed by atoms with Crippen molar-refractivity contribution in [2.75, 3.05) is 18.8 Å². The molecule has 0 aliphatic rings. The summed E-state index contributed by atoms with van der Waals surface area (Å²) in [6, 6.07) is 3.83. The molecule has 0 radical (unpaired) electrons. The van der Waals surface area contributed by atoms with E-state index in [2.05, 4.69) is 26.2 Å². The number of hydrogen-bond donors (Lipinski definition) is 2. The molecule has 15 heavy (non-hydrogen) atoms. The van der Waals surface area contributed by atoms with Crippen LogP contribution in [0.5, 0.6) is 0 Å². The number of pyridine rings is 1. The number of nitrogens with zero attached hydrogens (tertiary/aromatic N) is 1. The Kier molecular flexibility index (Phi) is 6.24. The van der Waals surface area contributed by atoms with Crippen molar-refractivity contribution < 1.29 is 5.11 Å². The molecule has 3 nitrogen and oxygen atoms in total. The van der Waals surface area contributed by atoms with Crippen molar-refractivity contribution in [1.82, 2.24) is 10.3 Å². The summed E-state index contributed by atoms with van der Waals surface area (Å²) in [5.41, 5.74) is 0. The predicted molar refractivity (Wildman–Crippen MR) is 67.2 cm³/mol. The number of aliphatic hydroxyl groups excluding tert-OH is 1. The third kappa shape index (κ3) is 4.97. The van der Waals surface area contributed by atoms with E-state index in [-0.39, 0.29) is 6.10 Å². The monoisotopic (exact) mass is 290 g/mol. The summed E-state index contributed by atoms with van der Waals surface area (Å²) >= 11 is 4.98. The van der Waals surface area contributed by atoms with Gasteiger partial charge in [0.15, 0.2) is 0 Å². The van der Waals surface area contributed by atoms with Crippen molar-refractivity contribution in [3.63, 3.8) is 0 Å². The van der Waals surface area contributed by atoms with Crippen molar-refractivity contribution in [2.24, 2.45) is 0 Å². The van der Waals surface area contributed by atoms with Gasteiger partial charge in [0.2, 0.25) is 0 Å². The van der Waals surface area contributed by atoms with E-state index in [4.69, 9.17) is 0 Å². The highest BCUT2D eigenvalue weighted by Gasteiger charge is 2.06. The van der Waals surface area contributed by atoms with Crippen molar-refractivity contribution >= 4 is 27.7 Å². The standard InChI is InChI=1S/C10H15BrN2OS/c1-2-12-6-8(14)7-15-10-9(11)4-3-5-13-10/h3-5,8,12,14H,2,6-7H2,1H3. The molecule has 1 aromatic heterocycles. The smallest absolute Gasteiger partial charge is 0.110 e. The summed E-state index contributed by atoms with van der Waals surface area (Å²) in [5, 5.41) is 13.6. The van der Waals surface area contributed by atoms with Crippen molar-refractivity contribution in [2.45, 2.75) is 18.1 Å². The number of halogens is 1. The maximum absolute atomic E-state index is 9.61. The first-order chi connectivity index (χ1) is 7.24. The molecule has 1 heterocycles. The van der Waals surface area contributed by atoms with Crippen molar-refractivity contribution in [3.8, 4) is 0 Å². The van der Waals surface area contributed by atoms with Crippen LogP contribution in [0.15, 0.2) is 27.8 Å². The SMILES string of the molecule is CCNCC(O)CSc1ncccc1Br. The maximum atomic E-state index is 9.61. The van der Waals surface area contributed by atoms with Gasteiger partial charge in [0.25, 0.3) is 0 Å². The minimum Gasteiger partial charge on any atom is -0.391 e. The molecule has 1 unspecified atom stereocenters. The highest BCUT2D eigenvalue weighted by molar-refractivity contribution is 9.10. The van der Waals surface area contributed by atoms with Crippen LogP contribution in [-0.2, 0) is 0 Å². The molecule has 0 bridgehead atoms. The first kappa shape index (κ1) is 13.0. The number of aromatic nitrogens is 1. The van der Waals surface area contributed by atoms with E-state index >= 15 is 0 Å². The molecular weight excluding hydrogens is 276 g/mol. The van der Waals surface area contributed by atoms with Gasteiger partial charge in [-0.2, -0.15) is 0 Å². The van der Waals surface area contributed by atoms with Crippen LogP contribution in [0.1, 0.15) is 6.92 Å². The molecule has 1 aromatic rings. The zero-order valence-electron chi connectivity index (χ0n) is 8.61. The van der Waals surface area contributed by atoms with Crippen LogP contribution in [-0.4, -0.2) is 35.0 Å². The number of thioether (sulfide) groups is 1. The first-order valence-corrected chi connectivity index (χ1v) is 6.64. The van der Waals surface area contributed by atoms with E-state index in [0.717, 1.165) is 16.0 Å². The third-order valence-corrected chi connectivity index (χ3v) is 3.82. The Labute approximate surface area is 103 Å². The van der Waals surface area contributed by atoms with Crippen LogP contribution in [0, 0.1) is 0 Å². The molecule has 0 saturated carbocycles. The molecule has 84 valence electrons. The Morgan fingerprint density at radius 1 is 1.67 bits per heavy atom. The van der Waals surface area contributed by atoms with E-state index in [9.17, 15) is 5.11 Å². The van der Waals surface area contributed by atoms with Crippen LogP contribution >= 0.6 is 27.7 Å². The minimum absolute atomic E-state index is 0.330. The number of rotatable bonds is 6. The largest absolute Gasteiger partial charge is 0.391 e. The zero-order chi connectivity index (χ0) is 11.1. The lowest BCUT2D eigenvalue weighted by atomic mass is 10.4. The normalized spacial score (nSPS) is 12.7. The third-order valence-electron chi connectivity index (χ3n) is 1.77. The van der Waals surface area contributed by atoms with E-state index < -0.39 is 0 Å². The molecule has 2 N–H and O–H groups in total. The molecule has 0 saturated heterocycles. The van der Waals surface area contributed by atoms with Crippen molar-refractivity contribution in [1.29, 1.82) is 0 Å². The lowest BCUT2D eigenvalue weighted by Gasteiger charge is -2.10. The van der Waals surface area contributed by atoms with Crippen molar-refractivity contribution in [3.05, 3.63) is 22.8 Å². The van der Waals surface area contributed by atoms with Gasteiger partial charge in [0.1, 0.15) is 5.03 Å². The molecule has 5 heteroatoms. The highest BCUT2D eigenvalue weighted by Crippen LogP contribution is 2.24. The summed E-state index contributed by atoms with van der Waals surface area (Å²) < 4.78 is 0.977. The van der Waals surface area contributed by atoms with Gasteiger partial charge in [-0.15, -0.1) is 11.8 Å². The number of likely N-dealkylation sites (N-methyl/N-ethyl adjacent to an activating group) is 1. The van der Waals surface area contributed by atoms with Crippen LogP contribution in [0.2, 0.25) is 0 Å². The van der Waals surface area contributed by atoms with Crippen LogP contribution < -0.4 is 5.32 Å². The van der Waals surface area contributed by atoms with Gasteiger partial charge in [-0.25, -0.2) is 4.98 Å². The van der Waals surface area contributed by atoms with E-state index in [1.165, 1.54) is 0 Å².